The number of aromatic nitrogens is 2. The summed E-state index contributed by atoms with van der Waals surface area (Å²) in [5.41, 5.74) is 1.73. The average Bonchev–Trinajstić information content (AvgIpc) is 2.61. The lowest BCUT2D eigenvalue weighted by molar-refractivity contribution is 0.0697. The summed E-state index contributed by atoms with van der Waals surface area (Å²) in [7, 11) is 0. The molecule has 0 unspecified atom stereocenters. The van der Waals surface area contributed by atoms with Crippen molar-refractivity contribution in [2.75, 3.05) is 5.32 Å². The van der Waals surface area contributed by atoms with Crippen LogP contribution in [0.15, 0.2) is 60.9 Å². The van der Waals surface area contributed by atoms with Gasteiger partial charge in [-0.2, -0.15) is 0 Å². The van der Waals surface area contributed by atoms with Crippen molar-refractivity contribution in [3.05, 3.63) is 71.5 Å². The van der Waals surface area contributed by atoms with E-state index in [2.05, 4.69) is 15.3 Å². The minimum absolute atomic E-state index is 0.218. The summed E-state index contributed by atoms with van der Waals surface area (Å²) in [5.74, 6) is -0.310. The minimum atomic E-state index is -0.972. The normalized spacial score (nSPS) is 10.9. The predicted molar refractivity (Wildman–Crippen MR) is 98.7 cm³/mol. The summed E-state index contributed by atoms with van der Waals surface area (Å²) < 4.78 is 0. The van der Waals surface area contributed by atoms with Gasteiger partial charge in [0.05, 0.1) is 11.1 Å². The predicted octanol–water partition coefficient (Wildman–Crippen LogP) is 4.88. The monoisotopic (exact) mass is 349 g/mol. The van der Waals surface area contributed by atoms with E-state index >= 15 is 0 Å². The standard InChI is InChI=1S/C19H12ClN3O2/c20-12-2-1-3-13(9-12)22-18-14-6-7-21-10-16(14)15-8-11(19(24)25)4-5-17(15)23-18/h1-10H,(H,22,23)(H,24,25). The molecule has 0 bridgehead atoms. The van der Waals surface area contributed by atoms with E-state index in [0.29, 0.717) is 16.4 Å². The molecule has 0 aliphatic heterocycles. The Morgan fingerprint density at radius 3 is 2.72 bits per heavy atom. The summed E-state index contributed by atoms with van der Waals surface area (Å²) in [6.07, 6.45) is 3.40. The van der Waals surface area contributed by atoms with Crippen molar-refractivity contribution in [2.24, 2.45) is 0 Å². The molecule has 0 saturated carbocycles. The molecule has 0 radical (unpaired) electrons. The number of nitrogens with one attached hydrogen (secondary N) is 1. The Morgan fingerprint density at radius 1 is 1.04 bits per heavy atom. The van der Waals surface area contributed by atoms with Gasteiger partial charge in [0.15, 0.2) is 0 Å². The largest absolute Gasteiger partial charge is 0.478 e. The van der Waals surface area contributed by atoms with Crippen molar-refractivity contribution in [1.82, 2.24) is 9.97 Å². The highest BCUT2D eigenvalue weighted by Crippen LogP contribution is 2.31. The van der Waals surface area contributed by atoms with Gasteiger partial charge in [0, 0.05) is 39.3 Å². The third-order valence-corrected chi connectivity index (χ3v) is 4.16. The quantitative estimate of drug-likeness (QED) is 0.516. The van der Waals surface area contributed by atoms with Crippen LogP contribution in [0.2, 0.25) is 5.02 Å². The first-order valence-electron chi connectivity index (χ1n) is 7.55. The van der Waals surface area contributed by atoms with Gasteiger partial charge in [0.25, 0.3) is 0 Å². The van der Waals surface area contributed by atoms with Gasteiger partial charge < -0.3 is 10.4 Å². The van der Waals surface area contributed by atoms with Crippen molar-refractivity contribution in [3.63, 3.8) is 0 Å². The highest BCUT2D eigenvalue weighted by atomic mass is 35.5. The Hall–Kier alpha value is -3.18. The minimum Gasteiger partial charge on any atom is -0.478 e. The second-order valence-electron chi connectivity index (χ2n) is 5.55. The Labute approximate surface area is 147 Å². The summed E-state index contributed by atoms with van der Waals surface area (Å²) in [5, 5.41) is 15.6. The van der Waals surface area contributed by atoms with E-state index in [9.17, 15) is 9.90 Å². The van der Waals surface area contributed by atoms with Crippen LogP contribution in [0.1, 0.15) is 10.4 Å². The molecule has 122 valence electrons. The Morgan fingerprint density at radius 2 is 1.92 bits per heavy atom. The molecule has 2 N–H and O–H groups in total. The molecule has 4 rings (SSSR count). The molecule has 2 aromatic carbocycles. The number of carbonyl (C=O) groups is 1. The smallest absolute Gasteiger partial charge is 0.335 e. The lowest BCUT2D eigenvalue weighted by Crippen LogP contribution is -1.99. The van der Waals surface area contributed by atoms with E-state index in [1.807, 2.05) is 24.3 Å². The third-order valence-electron chi connectivity index (χ3n) is 3.93. The first kappa shape index (κ1) is 15.4. The number of rotatable bonds is 3. The number of hydrogen-bond acceptors (Lipinski definition) is 4. The third kappa shape index (κ3) is 2.86. The van der Waals surface area contributed by atoms with Crippen LogP contribution >= 0.6 is 11.6 Å². The highest BCUT2D eigenvalue weighted by molar-refractivity contribution is 6.30. The van der Waals surface area contributed by atoms with Gasteiger partial charge in [-0.15, -0.1) is 0 Å². The van der Waals surface area contributed by atoms with Crippen LogP contribution in [-0.4, -0.2) is 21.0 Å². The van der Waals surface area contributed by atoms with E-state index in [-0.39, 0.29) is 5.56 Å². The molecular weight excluding hydrogens is 338 g/mol. The van der Waals surface area contributed by atoms with Crippen LogP contribution in [0.5, 0.6) is 0 Å². The zero-order chi connectivity index (χ0) is 17.4. The molecule has 0 spiro atoms. The second kappa shape index (κ2) is 6.03. The molecule has 2 heterocycles. The van der Waals surface area contributed by atoms with Gasteiger partial charge in [-0.3, -0.25) is 4.98 Å². The van der Waals surface area contributed by atoms with Gasteiger partial charge in [0.1, 0.15) is 5.82 Å². The molecule has 0 saturated heterocycles. The zero-order valence-electron chi connectivity index (χ0n) is 12.9. The number of pyridine rings is 2. The van der Waals surface area contributed by atoms with E-state index < -0.39 is 5.97 Å². The Bertz CT molecular complexity index is 1130. The second-order valence-corrected chi connectivity index (χ2v) is 5.99. The van der Waals surface area contributed by atoms with E-state index in [1.165, 1.54) is 0 Å². The average molecular weight is 350 g/mol. The SMILES string of the molecule is O=C(O)c1ccc2nc(Nc3cccc(Cl)c3)c3ccncc3c2c1. The maximum absolute atomic E-state index is 11.3. The highest BCUT2D eigenvalue weighted by Gasteiger charge is 2.11. The molecule has 5 nitrogen and oxygen atoms in total. The molecule has 0 amide bonds. The maximum atomic E-state index is 11.3. The number of halogens is 1. The number of fused-ring (bicyclic) bond motifs is 3. The summed E-state index contributed by atoms with van der Waals surface area (Å²) in [6.45, 7) is 0. The van der Waals surface area contributed by atoms with Crippen LogP contribution < -0.4 is 5.32 Å². The molecule has 25 heavy (non-hydrogen) atoms. The molecule has 0 aliphatic carbocycles. The van der Waals surface area contributed by atoms with Crippen LogP contribution in [0.3, 0.4) is 0 Å². The van der Waals surface area contributed by atoms with E-state index in [0.717, 1.165) is 21.8 Å². The Kier molecular flexibility index (Phi) is 3.71. The van der Waals surface area contributed by atoms with Gasteiger partial charge in [-0.05, 0) is 42.5 Å². The summed E-state index contributed by atoms with van der Waals surface area (Å²) in [4.78, 5) is 20.1. The lowest BCUT2D eigenvalue weighted by atomic mass is 10.1. The van der Waals surface area contributed by atoms with Crippen molar-refractivity contribution in [1.29, 1.82) is 0 Å². The number of hydrogen-bond donors (Lipinski definition) is 2. The van der Waals surface area contributed by atoms with Crippen molar-refractivity contribution < 1.29 is 9.90 Å². The molecule has 0 fully saturated rings. The van der Waals surface area contributed by atoms with Gasteiger partial charge in [0.2, 0.25) is 0 Å². The fraction of sp³-hybridized carbons (Fsp3) is 0. The van der Waals surface area contributed by atoms with Crippen molar-refractivity contribution in [3.8, 4) is 0 Å². The van der Waals surface area contributed by atoms with Crippen molar-refractivity contribution in [2.45, 2.75) is 0 Å². The number of anilines is 2. The van der Waals surface area contributed by atoms with Crippen LogP contribution in [0.25, 0.3) is 21.7 Å². The van der Waals surface area contributed by atoms with Gasteiger partial charge >= 0.3 is 5.97 Å². The zero-order valence-corrected chi connectivity index (χ0v) is 13.7. The Balaban J connectivity index is 1.95. The molecule has 0 atom stereocenters. The molecular formula is C19H12ClN3O2. The van der Waals surface area contributed by atoms with Crippen LogP contribution in [0.4, 0.5) is 11.5 Å². The van der Waals surface area contributed by atoms with E-state index in [1.54, 1.807) is 36.7 Å². The summed E-state index contributed by atoms with van der Waals surface area (Å²) >= 11 is 6.05. The first-order valence-corrected chi connectivity index (χ1v) is 7.93. The maximum Gasteiger partial charge on any atom is 0.335 e. The summed E-state index contributed by atoms with van der Waals surface area (Å²) in [6, 6.07) is 14.1. The number of carboxylic acids is 1. The molecule has 6 heteroatoms. The van der Waals surface area contributed by atoms with Crippen LogP contribution in [-0.2, 0) is 0 Å². The number of benzene rings is 2. The molecule has 0 aliphatic rings. The lowest BCUT2D eigenvalue weighted by Gasteiger charge is -2.12. The topological polar surface area (TPSA) is 75.1 Å². The fourth-order valence-electron chi connectivity index (χ4n) is 2.78. The van der Waals surface area contributed by atoms with Gasteiger partial charge in [-0.1, -0.05) is 17.7 Å². The van der Waals surface area contributed by atoms with Crippen LogP contribution in [0, 0.1) is 0 Å². The number of nitrogens with zero attached hydrogens (tertiary/aromatic N) is 2. The van der Waals surface area contributed by atoms with Gasteiger partial charge in [-0.25, -0.2) is 9.78 Å². The van der Waals surface area contributed by atoms with E-state index in [4.69, 9.17) is 11.6 Å². The first-order chi connectivity index (χ1) is 12.1. The number of aromatic carboxylic acids is 1. The fourth-order valence-corrected chi connectivity index (χ4v) is 2.97. The van der Waals surface area contributed by atoms with Crippen molar-refractivity contribution >= 4 is 50.8 Å². The number of carboxylic acid groups (broad SMARTS) is 1. The molecule has 4 aromatic rings. The molecule has 2 aromatic heterocycles.